The smallest absolute Gasteiger partial charge is 0.152 e. The molecule has 1 fully saturated rings. The van der Waals surface area contributed by atoms with Gasteiger partial charge in [-0.25, -0.2) is 0 Å². The molecule has 4 rings (SSSR count). The number of aromatic nitrogens is 4. The number of benzene rings is 1. The largest absolute Gasteiger partial charge is 0.298 e. The summed E-state index contributed by atoms with van der Waals surface area (Å²) in [6.45, 7) is 8.93. The summed E-state index contributed by atoms with van der Waals surface area (Å²) >= 11 is 0. The SMILES string of the molecule is CC(C)N1CCN(CC(=O)Cc2cc3cc(-c4cn(C)nn4)ccc3cn2)CC1. The Hall–Kier alpha value is -2.64. The zero-order valence-corrected chi connectivity index (χ0v) is 17.4. The number of rotatable bonds is 6. The Morgan fingerprint density at radius 1 is 1.10 bits per heavy atom. The van der Waals surface area contributed by atoms with Crippen molar-refractivity contribution < 1.29 is 4.79 Å². The summed E-state index contributed by atoms with van der Waals surface area (Å²) in [6.07, 6.45) is 4.11. The number of nitrogens with zero attached hydrogens (tertiary/aromatic N) is 6. The third-order valence-electron chi connectivity index (χ3n) is 5.59. The lowest BCUT2D eigenvalue weighted by Gasteiger charge is -2.36. The van der Waals surface area contributed by atoms with E-state index in [-0.39, 0.29) is 5.78 Å². The van der Waals surface area contributed by atoms with Crippen molar-refractivity contribution in [2.24, 2.45) is 7.05 Å². The van der Waals surface area contributed by atoms with Crippen LogP contribution in [0.15, 0.2) is 36.7 Å². The number of pyridine rings is 1. The van der Waals surface area contributed by atoms with E-state index in [2.05, 4.69) is 45.0 Å². The molecule has 0 spiro atoms. The molecule has 29 heavy (non-hydrogen) atoms. The lowest BCUT2D eigenvalue weighted by atomic mass is 10.0. The number of fused-ring (bicyclic) bond motifs is 1. The van der Waals surface area contributed by atoms with Crippen molar-refractivity contribution in [1.82, 2.24) is 29.8 Å². The summed E-state index contributed by atoms with van der Waals surface area (Å²) in [5.41, 5.74) is 2.67. The van der Waals surface area contributed by atoms with E-state index >= 15 is 0 Å². The minimum atomic E-state index is 0.222. The van der Waals surface area contributed by atoms with E-state index in [0.717, 1.165) is 53.9 Å². The first kappa shape index (κ1) is 19.7. The van der Waals surface area contributed by atoms with Gasteiger partial charge in [0.1, 0.15) is 5.69 Å². The maximum Gasteiger partial charge on any atom is 0.152 e. The highest BCUT2D eigenvalue weighted by Gasteiger charge is 2.20. The Kier molecular flexibility index (Phi) is 5.69. The van der Waals surface area contributed by atoms with E-state index < -0.39 is 0 Å². The van der Waals surface area contributed by atoms with Crippen molar-refractivity contribution in [3.8, 4) is 11.3 Å². The molecule has 3 aromatic rings. The van der Waals surface area contributed by atoms with E-state index in [1.807, 2.05) is 37.6 Å². The predicted molar refractivity (Wildman–Crippen MR) is 114 cm³/mol. The van der Waals surface area contributed by atoms with Crippen LogP contribution >= 0.6 is 0 Å². The van der Waals surface area contributed by atoms with Gasteiger partial charge in [0.05, 0.1) is 19.2 Å². The maximum atomic E-state index is 12.6. The molecule has 0 atom stereocenters. The van der Waals surface area contributed by atoms with Gasteiger partial charge in [0.15, 0.2) is 5.78 Å². The van der Waals surface area contributed by atoms with Crippen LogP contribution in [0.25, 0.3) is 22.0 Å². The number of aryl methyl sites for hydroxylation is 1. The van der Waals surface area contributed by atoms with Crippen LogP contribution in [0.5, 0.6) is 0 Å². The highest BCUT2D eigenvalue weighted by atomic mass is 16.1. The highest BCUT2D eigenvalue weighted by Crippen LogP contribution is 2.23. The molecule has 152 valence electrons. The van der Waals surface area contributed by atoms with E-state index in [1.165, 1.54) is 0 Å². The normalized spacial score (nSPS) is 16.0. The average molecular weight is 393 g/mol. The lowest BCUT2D eigenvalue weighted by molar-refractivity contribution is -0.120. The van der Waals surface area contributed by atoms with Crippen LogP contribution < -0.4 is 0 Å². The Bertz CT molecular complexity index is 1000. The van der Waals surface area contributed by atoms with Gasteiger partial charge in [-0.2, -0.15) is 0 Å². The summed E-state index contributed by atoms with van der Waals surface area (Å²) in [5, 5.41) is 10.3. The fourth-order valence-corrected chi connectivity index (χ4v) is 3.87. The predicted octanol–water partition coefficient (Wildman–Crippen LogP) is 2.17. The zero-order valence-electron chi connectivity index (χ0n) is 17.4. The van der Waals surface area contributed by atoms with Crippen LogP contribution in [0.4, 0.5) is 0 Å². The van der Waals surface area contributed by atoms with E-state index in [9.17, 15) is 4.79 Å². The first-order valence-corrected chi connectivity index (χ1v) is 10.2. The molecule has 1 aromatic carbocycles. The second-order valence-electron chi connectivity index (χ2n) is 8.14. The van der Waals surface area contributed by atoms with Crippen LogP contribution in [0, 0.1) is 0 Å². The van der Waals surface area contributed by atoms with Crippen molar-refractivity contribution in [2.75, 3.05) is 32.7 Å². The number of carbonyl (C=O) groups is 1. The van der Waals surface area contributed by atoms with Gasteiger partial charge in [-0.3, -0.25) is 24.3 Å². The first-order chi connectivity index (χ1) is 14.0. The molecule has 0 bridgehead atoms. The van der Waals surface area contributed by atoms with Crippen LogP contribution in [0.2, 0.25) is 0 Å². The standard InChI is InChI=1S/C22H28N6O/c1-16(2)28-8-6-27(7-9-28)14-21(29)12-20-11-19-10-17(4-5-18(19)13-23-20)22-15-26(3)25-24-22/h4-5,10-11,13,15-16H,6-9,12,14H2,1-3H3. The van der Waals surface area contributed by atoms with E-state index in [1.54, 1.807) is 4.68 Å². The van der Waals surface area contributed by atoms with Crippen LogP contribution in [0.1, 0.15) is 19.5 Å². The Labute approximate surface area is 171 Å². The number of hydrogen-bond acceptors (Lipinski definition) is 6. The Morgan fingerprint density at radius 3 is 2.59 bits per heavy atom. The molecule has 7 nitrogen and oxygen atoms in total. The molecule has 0 unspecified atom stereocenters. The lowest BCUT2D eigenvalue weighted by Crippen LogP contribution is -2.50. The van der Waals surface area contributed by atoms with E-state index in [0.29, 0.717) is 19.0 Å². The molecule has 7 heteroatoms. The van der Waals surface area contributed by atoms with Gasteiger partial charge in [0, 0.05) is 62.1 Å². The second-order valence-corrected chi connectivity index (χ2v) is 8.14. The molecule has 0 amide bonds. The molecule has 1 aliphatic rings. The van der Waals surface area contributed by atoms with Crippen molar-refractivity contribution in [1.29, 1.82) is 0 Å². The minimum absolute atomic E-state index is 0.222. The summed E-state index contributed by atoms with van der Waals surface area (Å²) in [6, 6.07) is 8.73. The maximum absolute atomic E-state index is 12.6. The zero-order chi connectivity index (χ0) is 20.4. The topological polar surface area (TPSA) is 67.2 Å². The highest BCUT2D eigenvalue weighted by molar-refractivity contribution is 5.88. The summed E-state index contributed by atoms with van der Waals surface area (Å²) in [5.74, 6) is 0.222. The monoisotopic (exact) mass is 392 g/mol. The summed E-state index contributed by atoms with van der Waals surface area (Å²) < 4.78 is 1.69. The van der Waals surface area contributed by atoms with Gasteiger partial charge < -0.3 is 0 Å². The molecule has 3 heterocycles. The van der Waals surface area contributed by atoms with Gasteiger partial charge >= 0.3 is 0 Å². The van der Waals surface area contributed by atoms with Crippen molar-refractivity contribution in [2.45, 2.75) is 26.3 Å². The van der Waals surface area contributed by atoms with E-state index in [4.69, 9.17) is 0 Å². The number of carbonyl (C=O) groups excluding carboxylic acids is 1. The van der Waals surface area contributed by atoms with Crippen LogP contribution in [-0.2, 0) is 18.3 Å². The minimum Gasteiger partial charge on any atom is -0.298 e. The third-order valence-corrected chi connectivity index (χ3v) is 5.59. The van der Waals surface area contributed by atoms with Crippen LogP contribution in [-0.4, -0.2) is 74.3 Å². The molecule has 0 aliphatic carbocycles. The molecular weight excluding hydrogens is 364 g/mol. The second kappa shape index (κ2) is 8.39. The molecule has 1 saturated heterocycles. The molecule has 0 radical (unpaired) electrons. The summed E-state index contributed by atoms with van der Waals surface area (Å²) in [7, 11) is 1.86. The number of Topliss-reactive ketones (excluding diaryl/α,β-unsaturated/α-hetero) is 1. The molecule has 0 saturated carbocycles. The fourth-order valence-electron chi connectivity index (χ4n) is 3.87. The first-order valence-electron chi connectivity index (χ1n) is 10.2. The van der Waals surface area contributed by atoms with Gasteiger partial charge in [0.25, 0.3) is 0 Å². The van der Waals surface area contributed by atoms with Crippen molar-refractivity contribution in [3.63, 3.8) is 0 Å². The van der Waals surface area contributed by atoms with Crippen LogP contribution in [0.3, 0.4) is 0 Å². The molecule has 0 N–H and O–H groups in total. The number of hydrogen-bond donors (Lipinski definition) is 0. The molecule has 2 aromatic heterocycles. The average Bonchev–Trinajstić information content (AvgIpc) is 3.14. The Morgan fingerprint density at radius 2 is 1.90 bits per heavy atom. The van der Waals surface area contributed by atoms with Gasteiger partial charge in [-0.05, 0) is 31.4 Å². The number of ketones is 1. The third kappa shape index (κ3) is 4.68. The van der Waals surface area contributed by atoms with Crippen molar-refractivity contribution >= 4 is 16.6 Å². The van der Waals surface area contributed by atoms with Gasteiger partial charge in [-0.1, -0.05) is 17.3 Å². The molecule has 1 aliphatic heterocycles. The van der Waals surface area contributed by atoms with Gasteiger partial charge in [-0.15, -0.1) is 5.10 Å². The summed E-state index contributed by atoms with van der Waals surface area (Å²) in [4.78, 5) is 21.8. The Balaban J connectivity index is 1.42. The number of piperazine rings is 1. The fraction of sp³-hybridized carbons (Fsp3) is 0.455. The van der Waals surface area contributed by atoms with Gasteiger partial charge in [0.2, 0.25) is 0 Å². The quantitative estimate of drug-likeness (QED) is 0.641. The van der Waals surface area contributed by atoms with Crippen molar-refractivity contribution in [3.05, 3.63) is 42.4 Å². The molecular formula is C22H28N6O.